The Morgan fingerprint density at radius 3 is 2.43 bits per heavy atom. The number of sulfone groups is 1. The summed E-state index contributed by atoms with van der Waals surface area (Å²) in [6.45, 7) is 2.56. The highest BCUT2D eigenvalue weighted by molar-refractivity contribution is 7.92. The van der Waals surface area contributed by atoms with Crippen molar-refractivity contribution in [2.45, 2.75) is 4.21 Å². The smallest absolute Gasteiger partial charge is 0.305 e. The van der Waals surface area contributed by atoms with Crippen molar-refractivity contribution in [1.82, 2.24) is 4.98 Å². The van der Waals surface area contributed by atoms with Crippen molar-refractivity contribution in [3.8, 4) is 0 Å². The Kier molecular flexibility index (Phi) is 4.25. The van der Waals surface area contributed by atoms with Gasteiger partial charge in [-0.05, 0) is 0 Å². The van der Waals surface area contributed by atoms with Crippen molar-refractivity contribution in [2.24, 2.45) is 0 Å². The molecule has 1 aliphatic rings. The zero-order valence-electron chi connectivity index (χ0n) is 12.2. The molecule has 1 fully saturated rings. The van der Waals surface area contributed by atoms with Crippen LogP contribution in [0.4, 0.5) is 15.8 Å². The Balaban J connectivity index is 1.82. The van der Waals surface area contributed by atoms with E-state index in [1.165, 1.54) is 0 Å². The number of aromatic nitrogens is 1. The lowest BCUT2D eigenvalue weighted by Gasteiger charge is -2.34. The van der Waals surface area contributed by atoms with Crippen LogP contribution in [-0.4, -0.2) is 50.8 Å². The van der Waals surface area contributed by atoms with Gasteiger partial charge in [-0.25, -0.2) is 13.4 Å². The lowest BCUT2D eigenvalue weighted by molar-refractivity contribution is -0.383. The molecule has 3 heterocycles. The number of anilines is 2. The van der Waals surface area contributed by atoms with Gasteiger partial charge < -0.3 is 9.80 Å². The van der Waals surface area contributed by atoms with Crippen LogP contribution in [0.15, 0.2) is 21.9 Å². The minimum absolute atomic E-state index is 0.0292. The fourth-order valence-corrected chi connectivity index (χ4v) is 5.14. The molecular weight excluding hydrogens is 360 g/mol. The van der Waals surface area contributed by atoms with Gasteiger partial charge in [-0.3, -0.25) is 10.1 Å². The van der Waals surface area contributed by atoms with Gasteiger partial charge in [0, 0.05) is 50.1 Å². The van der Waals surface area contributed by atoms with Crippen LogP contribution < -0.4 is 9.80 Å². The van der Waals surface area contributed by atoms with E-state index in [4.69, 9.17) is 0 Å². The second kappa shape index (κ2) is 6.06. The summed E-state index contributed by atoms with van der Waals surface area (Å²) >= 11 is 2.52. The molecule has 0 atom stereocenters. The first kappa shape index (κ1) is 16.1. The summed E-state index contributed by atoms with van der Waals surface area (Å²) in [5.41, 5.74) is -0.141. The molecule has 0 aromatic carbocycles. The van der Waals surface area contributed by atoms with Gasteiger partial charge in [0.2, 0.25) is 0 Å². The third-order valence-electron chi connectivity index (χ3n) is 3.49. The highest BCUT2D eigenvalue weighted by atomic mass is 32.2. The molecule has 0 amide bonds. The standard InChI is InChI=1S/C12H14N4O4S3/c1-23(19,20)10-8-9(16(17)18)11(22-10)14-3-5-15(6-4-14)12-13-2-7-21-12/h2,7-8H,3-6H2,1H3. The van der Waals surface area contributed by atoms with Crippen LogP contribution in [0.3, 0.4) is 0 Å². The largest absolute Gasteiger partial charge is 0.354 e. The molecule has 3 rings (SSSR count). The Morgan fingerprint density at radius 2 is 1.91 bits per heavy atom. The summed E-state index contributed by atoms with van der Waals surface area (Å²) < 4.78 is 23.4. The van der Waals surface area contributed by atoms with E-state index in [1.54, 1.807) is 17.5 Å². The number of piperazine rings is 1. The van der Waals surface area contributed by atoms with E-state index in [0.29, 0.717) is 31.2 Å². The first-order valence-corrected chi connectivity index (χ1v) is 10.3. The molecule has 0 aliphatic carbocycles. The maximum absolute atomic E-state index is 11.7. The normalized spacial score (nSPS) is 15.9. The molecule has 0 radical (unpaired) electrons. The molecule has 1 saturated heterocycles. The zero-order chi connectivity index (χ0) is 16.6. The van der Waals surface area contributed by atoms with Crippen molar-refractivity contribution >= 4 is 48.3 Å². The van der Waals surface area contributed by atoms with E-state index in [0.717, 1.165) is 28.8 Å². The second-order valence-corrected chi connectivity index (χ2v) is 9.22. The Bertz CT molecular complexity index is 807. The number of thiophene rings is 1. The molecule has 0 unspecified atom stereocenters. The number of hydrogen-bond donors (Lipinski definition) is 0. The van der Waals surface area contributed by atoms with Crippen molar-refractivity contribution in [3.05, 3.63) is 27.8 Å². The number of thiazole rings is 1. The number of nitrogens with zero attached hydrogens (tertiary/aromatic N) is 4. The van der Waals surface area contributed by atoms with Crippen LogP contribution in [0.1, 0.15) is 0 Å². The molecule has 8 nitrogen and oxygen atoms in total. The molecule has 1 aliphatic heterocycles. The van der Waals surface area contributed by atoms with Gasteiger partial charge in [-0.15, -0.1) is 11.3 Å². The third kappa shape index (κ3) is 3.31. The predicted octanol–water partition coefficient (Wildman–Crippen LogP) is 1.84. The molecule has 0 N–H and O–H groups in total. The van der Waals surface area contributed by atoms with Crippen LogP contribution >= 0.6 is 22.7 Å². The molecule has 0 bridgehead atoms. The lowest BCUT2D eigenvalue weighted by atomic mass is 10.3. The number of hydrogen-bond acceptors (Lipinski definition) is 9. The average molecular weight is 374 g/mol. The van der Waals surface area contributed by atoms with Gasteiger partial charge >= 0.3 is 5.69 Å². The monoisotopic (exact) mass is 374 g/mol. The van der Waals surface area contributed by atoms with Crippen LogP contribution in [0.5, 0.6) is 0 Å². The molecule has 0 saturated carbocycles. The van der Waals surface area contributed by atoms with Gasteiger partial charge in [0.05, 0.1) is 4.92 Å². The molecule has 11 heteroatoms. The van der Waals surface area contributed by atoms with Gasteiger partial charge in [0.25, 0.3) is 0 Å². The molecule has 23 heavy (non-hydrogen) atoms. The first-order valence-electron chi connectivity index (χ1n) is 6.74. The quantitative estimate of drug-likeness (QED) is 0.595. The van der Waals surface area contributed by atoms with Gasteiger partial charge in [-0.1, -0.05) is 11.3 Å². The zero-order valence-corrected chi connectivity index (χ0v) is 14.7. The van der Waals surface area contributed by atoms with Crippen molar-refractivity contribution < 1.29 is 13.3 Å². The van der Waals surface area contributed by atoms with Crippen LogP contribution in [0, 0.1) is 10.1 Å². The van der Waals surface area contributed by atoms with Crippen LogP contribution in [-0.2, 0) is 9.84 Å². The summed E-state index contributed by atoms with van der Waals surface area (Å²) in [6.07, 6.45) is 2.81. The van der Waals surface area contributed by atoms with E-state index < -0.39 is 14.8 Å². The molecule has 2 aromatic heterocycles. The summed E-state index contributed by atoms with van der Waals surface area (Å²) in [6, 6.07) is 1.16. The molecular formula is C12H14N4O4S3. The number of nitro groups is 1. The lowest BCUT2D eigenvalue weighted by Crippen LogP contribution is -2.46. The highest BCUT2D eigenvalue weighted by Crippen LogP contribution is 2.40. The molecule has 2 aromatic rings. The Morgan fingerprint density at radius 1 is 1.26 bits per heavy atom. The van der Waals surface area contributed by atoms with Crippen molar-refractivity contribution in [3.63, 3.8) is 0 Å². The Hall–Kier alpha value is -1.72. The number of rotatable bonds is 4. The van der Waals surface area contributed by atoms with E-state index in [-0.39, 0.29) is 9.90 Å². The van der Waals surface area contributed by atoms with Gasteiger partial charge in [-0.2, -0.15) is 0 Å². The Labute approximate surface area is 141 Å². The van der Waals surface area contributed by atoms with Crippen molar-refractivity contribution in [1.29, 1.82) is 0 Å². The first-order chi connectivity index (χ1) is 10.9. The maximum Gasteiger partial charge on any atom is 0.305 e. The van der Waals surface area contributed by atoms with Crippen LogP contribution in [0.25, 0.3) is 0 Å². The van der Waals surface area contributed by atoms with Crippen LogP contribution in [0.2, 0.25) is 0 Å². The van der Waals surface area contributed by atoms with E-state index in [1.807, 2.05) is 10.3 Å². The SMILES string of the molecule is CS(=O)(=O)c1cc([N+](=O)[O-])c(N2CCN(c3nccs3)CC2)s1. The molecule has 0 spiro atoms. The topological polar surface area (TPSA) is 96.6 Å². The summed E-state index contributed by atoms with van der Waals surface area (Å²) in [5.74, 6) is 0. The summed E-state index contributed by atoms with van der Waals surface area (Å²) in [7, 11) is -3.45. The van der Waals surface area contributed by atoms with E-state index in [2.05, 4.69) is 9.88 Å². The maximum atomic E-state index is 11.7. The summed E-state index contributed by atoms with van der Waals surface area (Å²) in [5, 5.41) is 14.5. The highest BCUT2D eigenvalue weighted by Gasteiger charge is 2.29. The average Bonchev–Trinajstić information content (AvgIpc) is 3.16. The predicted molar refractivity (Wildman–Crippen MR) is 90.6 cm³/mol. The third-order valence-corrected chi connectivity index (χ3v) is 7.31. The van der Waals surface area contributed by atoms with E-state index >= 15 is 0 Å². The fraction of sp³-hybridized carbons (Fsp3) is 0.417. The molecule has 124 valence electrons. The minimum atomic E-state index is -3.45. The summed E-state index contributed by atoms with van der Waals surface area (Å²) in [4.78, 5) is 19.0. The van der Waals surface area contributed by atoms with E-state index in [9.17, 15) is 18.5 Å². The van der Waals surface area contributed by atoms with Crippen molar-refractivity contribution in [2.75, 3.05) is 42.2 Å². The fourth-order valence-electron chi connectivity index (χ4n) is 2.36. The van der Waals surface area contributed by atoms with Gasteiger partial charge in [0.15, 0.2) is 20.0 Å². The second-order valence-electron chi connectivity index (χ2n) is 5.07. The van der Waals surface area contributed by atoms with Gasteiger partial charge in [0.1, 0.15) is 4.21 Å². The minimum Gasteiger partial charge on any atom is -0.354 e.